The summed E-state index contributed by atoms with van der Waals surface area (Å²) in [5.41, 5.74) is 0. The Kier molecular flexibility index (Phi) is 9.32. The van der Waals surface area contributed by atoms with Crippen molar-refractivity contribution in [3.63, 3.8) is 0 Å². The Morgan fingerprint density at radius 1 is 1.23 bits per heavy atom. The molecule has 0 bridgehead atoms. The lowest BCUT2D eigenvalue weighted by atomic mass is 10.1. The predicted octanol–water partition coefficient (Wildman–Crippen LogP) is 4.27. The summed E-state index contributed by atoms with van der Waals surface area (Å²) >= 11 is 8.55. The van der Waals surface area contributed by atoms with Crippen LogP contribution in [0.3, 0.4) is 0 Å². The first-order valence-corrected chi connectivity index (χ1v) is 6.31. The SMILES string of the molecule is CCCCCCCC[C@H](Br)C(=O)Cl. The smallest absolute Gasteiger partial charge is 0.235 e. The van der Waals surface area contributed by atoms with Crippen LogP contribution >= 0.6 is 27.5 Å². The van der Waals surface area contributed by atoms with E-state index in [9.17, 15) is 4.79 Å². The molecule has 0 N–H and O–H groups in total. The van der Waals surface area contributed by atoms with Gasteiger partial charge in [-0.2, -0.15) is 0 Å². The van der Waals surface area contributed by atoms with E-state index in [1.165, 1.54) is 32.1 Å². The van der Waals surface area contributed by atoms with Crippen molar-refractivity contribution in [3.05, 3.63) is 0 Å². The summed E-state index contributed by atoms with van der Waals surface area (Å²) < 4.78 is 0. The molecule has 1 nitrogen and oxygen atoms in total. The van der Waals surface area contributed by atoms with Crippen molar-refractivity contribution in [2.75, 3.05) is 0 Å². The average molecular weight is 270 g/mol. The summed E-state index contributed by atoms with van der Waals surface area (Å²) in [5.74, 6) is 0. The van der Waals surface area contributed by atoms with Crippen LogP contribution in [-0.2, 0) is 4.79 Å². The first kappa shape index (κ1) is 13.4. The Bertz CT molecular complexity index is 139. The van der Waals surface area contributed by atoms with Gasteiger partial charge in [-0.05, 0) is 18.0 Å². The van der Waals surface area contributed by atoms with Crippen LogP contribution in [0.2, 0.25) is 0 Å². The summed E-state index contributed by atoms with van der Waals surface area (Å²) in [7, 11) is 0. The van der Waals surface area contributed by atoms with Crippen molar-refractivity contribution in [1.29, 1.82) is 0 Å². The van der Waals surface area contributed by atoms with Gasteiger partial charge in [0.2, 0.25) is 5.24 Å². The van der Waals surface area contributed by atoms with E-state index in [1.54, 1.807) is 0 Å². The van der Waals surface area contributed by atoms with E-state index >= 15 is 0 Å². The average Bonchev–Trinajstić information content (AvgIpc) is 2.10. The highest BCUT2D eigenvalue weighted by atomic mass is 79.9. The Morgan fingerprint density at radius 2 is 1.77 bits per heavy atom. The molecule has 0 aliphatic rings. The Labute approximate surface area is 94.4 Å². The molecule has 0 heterocycles. The Balaban J connectivity index is 3.11. The van der Waals surface area contributed by atoms with Gasteiger partial charge in [-0.15, -0.1) is 0 Å². The topological polar surface area (TPSA) is 17.1 Å². The lowest BCUT2D eigenvalue weighted by Gasteiger charge is -2.03. The van der Waals surface area contributed by atoms with Crippen molar-refractivity contribution < 1.29 is 4.79 Å². The first-order chi connectivity index (χ1) is 6.18. The fraction of sp³-hybridized carbons (Fsp3) is 0.900. The second kappa shape index (κ2) is 9.01. The maximum absolute atomic E-state index is 10.6. The third-order valence-corrected chi connectivity index (χ3v) is 3.46. The number of halogens is 2. The van der Waals surface area contributed by atoms with Crippen LogP contribution in [-0.4, -0.2) is 10.1 Å². The summed E-state index contributed by atoms with van der Waals surface area (Å²) in [5, 5.41) is -0.270. The zero-order chi connectivity index (χ0) is 10.1. The zero-order valence-electron chi connectivity index (χ0n) is 8.19. The third-order valence-electron chi connectivity index (χ3n) is 2.06. The van der Waals surface area contributed by atoms with Gasteiger partial charge in [0.15, 0.2) is 0 Å². The lowest BCUT2D eigenvalue weighted by Crippen LogP contribution is -2.06. The highest BCUT2D eigenvalue weighted by Crippen LogP contribution is 2.15. The molecule has 0 aliphatic carbocycles. The van der Waals surface area contributed by atoms with Crippen LogP contribution < -0.4 is 0 Å². The minimum absolute atomic E-state index is 0.139. The van der Waals surface area contributed by atoms with E-state index in [0.717, 1.165) is 12.8 Å². The van der Waals surface area contributed by atoms with Crippen molar-refractivity contribution in [3.8, 4) is 0 Å². The van der Waals surface area contributed by atoms with Crippen LogP contribution in [0.4, 0.5) is 0 Å². The number of carbonyl (C=O) groups excluding carboxylic acids is 1. The first-order valence-electron chi connectivity index (χ1n) is 5.02. The van der Waals surface area contributed by atoms with Gasteiger partial charge in [0, 0.05) is 0 Å². The summed E-state index contributed by atoms with van der Waals surface area (Å²) in [6.07, 6.45) is 8.38. The summed E-state index contributed by atoms with van der Waals surface area (Å²) in [4.78, 5) is 10.5. The molecule has 0 unspecified atom stereocenters. The molecule has 0 aromatic rings. The van der Waals surface area contributed by atoms with E-state index < -0.39 is 0 Å². The normalized spacial score (nSPS) is 12.8. The Morgan fingerprint density at radius 3 is 2.31 bits per heavy atom. The molecular formula is C10H18BrClO. The molecule has 0 fully saturated rings. The second-order valence-corrected chi connectivity index (χ2v) is 4.81. The molecule has 1 atom stereocenters. The van der Waals surface area contributed by atoms with Crippen molar-refractivity contribution in [2.45, 2.75) is 56.7 Å². The molecule has 0 aliphatic heterocycles. The predicted molar refractivity (Wildman–Crippen MR) is 61.6 cm³/mol. The van der Waals surface area contributed by atoms with Gasteiger partial charge in [0.05, 0.1) is 4.83 Å². The van der Waals surface area contributed by atoms with E-state index in [4.69, 9.17) is 11.6 Å². The molecule has 0 aromatic heterocycles. The number of hydrogen-bond acceptors (Lipinski definition) is 1. The number of carbonyl (C=O) groups is 1. The minimum atomic E-state index is -0.270. The number of alkyl halides is 1. The molecule has 0 aromatic carbocycles. The molecule has 3 heteroatoms. The van der Waals surface area contributed by atoms with Crippen molar-refractivity contribution >= 4 is 32.8 Å². The molecular weight excluding hydrogens is 251 g/mol. The van der Waals surface area contributed by atoms with Crippen LogP contribution in [0.5, 0.6) is 0 Å². The van der Waals surface area contributed by atoms with Gasteiger partial charge >= 0.3 is 0 Å². The van der Waals surface area contributed by atoms with Crippen LogP contribution in [0.1, 0.15) is 51.9 Å². The molecule has 0 saturated heterocycles. The van der Waals surface area contributed by atoms with E-state index in [1.807, 2.05) is 0 Å². The Hall–Kier alpha value is 0.440. The lowest BCUT2D eigenvalue weighted by molar-refractivity contribution is -0.111. The number of hydrogen-bond donors (Lipinski definition) is 0. The van der Waals surface area contributed by atoms with Crippen LogP contribution in [0.25, 0.3) is 0 Å². The molecule has 0 spiro atoms. The van der Waals surface area contributed by atoms with Crippen LogP contribution in [0, 0.1) is 0 Å². The number of rotatable bonds is 8. The fourth-order valence-corrected chi connectivity index (χ4v) is 1.65. The van der Waals surface area contributed by atoms with Crippen LogP contribution in [0.15, 0.2) is 0 Å². The zero-order valence-corrected chi connectivity index (χ0v) is 10.5. The molecule has 0 radical (unpaired) electrons. The summed E-state index contributed by atoms with van der Waals surface area (Å²) in [6, 6.07) is 0. The van der Waals surface area contributed by atoms with E-state index in [-0.39, 0.29) is 10.1 Å². The van der Waals surface area contributed by atoms with Gasteiger partial charge in [0.25, 0.3) is 0 Å². The highest BCUT2D eigenvalue weighted by Gasteiger charge is 2.10. The maximum atomic E-state index is 10.6. The van der Waals surface area contributed by atoms with Gasteiger partial charge in [-0.3, -0.25) is 4.79 Å². The minimum Gasteiger partial charge on any atom is -0.280 e. The molecule has 0 amide bonds. The quantitative estimate of drug-likeness (QED) is 0.365. The fourth-order valence-electron chi connectivity index (χ4n) is 1.22. The molecule has 13 heavy (non-hydrogen) atoms. The summed E-state index contributed by atoms with van der Waals surface area (Å²) in [6.45, 7) is 2.21. The molecule has 0 rings (SSSR count). The van der Waals surface area contributed by atoms with Gasteiger partial charge in [0.1, 0.15) is 0 Å². The second-order valence-electron chi connectivity index (χ2n) is 3.33. The van der Waals surface area contributed by atoms with Gasteiger partial charge < -0.3 is 0 Å². The maximum Gasteiger partial charge on any atom is 0.235 e. The standard InChI is InChI=1S/C10H18BrClO/c1-2-3-4-5-6-7-8-9(11)10(12)13/h9H,2-8H2,1H3/t9-/m0/s1. The molecule has 78 valence electrons. The van der Waals surface area contributed by atoms with Gasteiger partial charge in [-0.25, -0.2) is 0 Å². The van der Waals surface area contributed by atoms with Gasteiger partial charge in [-0.1, -0.05) is 61.4 Å². The van der Waals surface area contributed by atoms with E-state index in [2.05, 4.69) is 22.9 Å². The molecule has 0 saturated carbocycles. The van der Waals surface area contributed by atoms with Crippen molar-refractivity contribution in [1.82, 2.24) is 0 Å². The van der Waals surface area contributed by atoms with E-state index in [0.29, 0.717) is 0 Å². The largest absolute Gasteiger partial charge is 0.280 e. The van der Waals surface area contributed by atoms with Crippen molar-refractivity contribution in [2.24, 2.45) is 0 Å². The third kappa shape index (κ3) is 8.76. The number of unbranched alkanes of at least 4 members (excludes halogenated alkanes) is 5. The highest BCUT2D eigenvalue weighted by molar-refractivity contribution is 9.10. The monoisotopic (exact) mass is 268 g/mol.